The minimum Gasteiger partial charge on any atom is -0.503 e. The number of fused-ring (bicyclic) bond motifs is 1. The number of nitrogens with one attached hydrogen (secondary N) is 1. The van der Waals surface area contributed by atoms with Crippen molar-refractivity contribution in [2.45, 2.75) is 26.1 Å². The molecule has 2 heterocycles. The van der Waals surface area contributed by atoms with Crippen LogP contribution in [0.5, 0.6) is 5.75 Å². The van der Waals surface area contributed by atoms with Crippen molar-refractivity contribution in [1.82, 2.24) is 9.88 Å². The first-order valence-electron chi connectivity index (χ1n) is 9.61. The van der Waals surface area contributed by atoms with E-state index in [0.29, 0.717) is 12.7 Å². The summed E-state index contributed by atoms with van der Waals surface area (Å²) < 4.78 is 38.8. The molecule has 2 N–H and O–H groups in total. The van der Waals surface area contributed by atoms with Crippen molar-refractivity contribution in [2.24, 2.45) is 5.92 Å². The third-order valence-corrected chi connectivity index (χ3v) is 5.16. The van der Waals surface area contributed by atoms with Crippen molar-refractivity contribution in [3.8, 4) is 5.75 Å². The van der Waals surface area contributed by atoms with Crippen LogP contribution in [-0.4, -0.2) is 47.8 Å². The zero-order valence-corrected chi connectivity index (χ0v) is 17.0. The quantitative estimate of drug-likeness (QED) is 0.683. The van der Waals surface area contributed by atoms with Gasteiger partial charge in [-0.25, -0.2) is 8.78 Å². The fourth-order valence-corrected chi connectivity index (χ4v) is 3.48. The number of hydrogen-bond acceptors (Lipinski definition) is 6. The number of amides is 1. The number of carbonyl (C=O) groups excluding carboxylic acids is 2. The number of ketones is 1. The summed E-state index contributed by atoms with van der Waals surface area (Å²) in [4.78, 5) is 38.0. The molecule has 1 amide bonds. The molecular weight excluding hydrogens is 414 g/mol. The van der Waals surface area contributed by atoms with Gasteiger partial charge in [-0.1, -0.05) is 6.07 Å². The molecule has 1 aromatic heterocycles. The van der Waals surface area contributed by atoms with Crippen molar-refractivity contribution in [1.29, 1.82) is 0 Å². The summed E-state index contributed by atoms with van der Waals surface area (Å²) in [5.74, 6) is -4.57. The van der Waals surface area contributed by atoms with Crippen molar-refractivity contribution in [2.75, 3.05) is 20.3 Å². The average Bonchev–Trinajstić information content (AvgIpc) is 2.74. The molecule has 0 spiro atoms. The number of pyridine rings is 1. The minimum atomic E-state index is -1.03. The van der Waals surface area contributed by atoms with Crippen molar-refractivity contribution in [3.63, 3.8) is 0 Å². The highest BCUT2D eigenvalue weighted by Gasteiger charge is 2.39. The van der Waals surface area contributed by atoms with E-state index in [4.69, 9.17) is 9.47 Å². The third kappa shape index (κ3) is 4.49. The molecule has 1 aliphatic rings. The fourth-order valence-electron chi connectivity index (χ4n) is 3.48. The van der Waals surface area contributed by atoms with E-state index in [0.717, 1.165) is 12.3 Å². The lowest BCUT2D eigenvalue weighted by Gasteiger charge is -2.32. The van der Waals surface area contributed by atoms with Crippen LogP contribution in [0.2, 0.25) is 0 Å². The van der Waals surface area contributed by atoms with Gasteiger partial charge in [0.15, 0.2) is 11.5 Å². The normalized spacial score (nSPS) is 18.0. The zero-order valence-electron chi connectivity index (χ0n) is 17.0. The molecule has 0 saturated heterocycles. The highest BCUT2D eigenvalue weighted by atomic mass is 19.1. The van der Waals surface area contributed by atoms with Crippen molar-refractivity contribution >= 4 is 11.7 Å². The number of carbonyl (C=O) groups is 2. The van der Waals surface area contributed by atoms with Gasteiger partial charge in [0.1, 0.15) is 22.9 Å². The van der Waals surface area contributed by atoms with E-state index in [1.165, 1.54) is 17.7 Å². The molecule has 8 nitrogen and oxygen atoms in total. The average molecular weight is 436 g/mol. The Hall–Kier alpha value is -3.11. The van der Waals surface area contributed by atoms with Gasteiger partial charge >= 0.3 is 0 Å². The van der Waals surface area contributed by atoms with Crippen LogP contribution >= 0.6 is 0 Å². The summed E-state index contributed by atoms with van der Waals surface area (Å²) in [6.45, 7) is 2.02. The van der Waals surface area contributed by atoms with Gasteiger partial charge in [-0.2, -0.15) is 0 Å². The van der Waals surface area contributed by atoms with Crippen LogP contribution in [-0.2, 0) is 22.6 Å². The maximum atomic E-state index is 13.8. The largest absolute Gasteiger partial charge is 0.503 e. The monoisotopic (exact) mass is 436 g/mol. The predicted octanol–water partition coefficient (Wildman–Crippen LogP) is 1.63. The number of aromatic nitrogens is 1. The van der Waals surface area contributed by atoms with E-state index in [9.17, 15) is 28.3 Å². The molecule has 0 bridgehead atoms. The first-order valence-corrected chi connectivity index (χ1v) is 9.61. The van der Waals surface area contributed by atoms with Crippen LogP contribution in [0, 0.1) is 17.6 Å². The Bertz CT molecular complexity index is 1070. The molecule has 3 rings (SSSR count). The number of hydrogen-bond donors (Lipinski definition) is 2. The molecule has 0 fully saturated rings. The molecule has 10 heteroatoms. The van der Waals surface area contributed by atoms with Gasteiger partial charge in [-0.3, -0.25) is 14.4 Å². The molecule has 1 aliphatic heterocycles. The highest BCUT2D eigenvalue weighted by molar-refractivity contribution is 6.01. The molecule has 0 saturated carbocycles. The SMILES string of the molecule is CCOC[C@H]1C(=O)c2c(O)c(=O)c(C(=O)NCc3ccc(F)cc3F)cn2C[C@@H]1OC. The molecule has 2 aromatic rings. The number of nitrogens with zero attached hydrogens (tertiary/aromatic N) is 1. The number of ether oxygens (including phenoxy) is 2. The van der Waals surface area contributed by atoms with E-state index in [2.05, 4.69) is 5.32 Å². The first kappa shape index (κ1) is 22.6. The number of methoxy groups -OCH3 is 1. The Labute approximate surface area is 176 Å². The van der Waals surface area contributed by atoms with E-state index < -0.39 is 52.1 Å². The number of aromatic hydroxyl groups is 1. The van der Waals surface area contributed by atoms with Gasteiger partial charge < -0.3 is 24.5 Å². The van der Waals surface area contributed by atoms with Crippen LogP contribution in [0.15, 0.2) is 29.2 Å². The lowest BCUT2D eigenvalue weighted by molar-refractivity contribution is -0.00624. The zero-order chi connectivity index (χ0) is 22.7. The second-order valence-corrected chi connectivity index (χ2v) is 7.04. The molecule has 0 radical (unpaired) electrons. The molecular formula is C21H22F2N2O6. The molecule has 1 aromatic carbocycles. The van der Waals surface area contributed by atoms with Gasteiger partial charge in [0, 0.05) is 44.6 Å². The second kappa shape index (κ2) is 9.36. The lowest BCUT2D eigenvalue weighted by atomic mass is 9.90. The summed E-state index contributed by atoms with van der Waals surface area (Å²) in [6, 6.07) is 2.89. The van der Waals surface area contributed by atoms with E-state index in [1.54, 1.807) is 6.92 Å². The maximum absolute atomic E-state index is 13.8. The summed E-state index contributed by atoms with van der Waals surface area (Å²) >= 11 is 0. The molecule has 2 atom stereocenters. The second-order valence-electron chi connectivity index (χ2n) is 7.04. The number of rotatable bonds is 7. The third-order valence-electron chi connectivity index (χ3n) is 5.16. The Balaban J connectivity index is 1.89. The minimum absolute atomic E-state index is 0.0189. The maximum Gasteiger partial charge on any atom is 0.257 e. The van der Waals surface area contributed by atoms with Gasteiger partial charge in [-0.05, 0) is 13.0 Å². The van der Waals surface area contributed by atoms with Crippen LogP contribution in [0.1, 0.15) is 33.3 Å². The van der Waals surface area contributed by atoms with Gasteiger partial charge in [-0.15, -0.1) is 0 Å². The lowest BCUT2D eigenvalue weighted by Crippen LogP contribution is -2.44. The molecule has 31 heavy (non-hydrogen) atoms. The van der Waals surface area contributed by atoms with E-state index in [-0.39, 0.29) is 31.0 Å². The highest BCUT2D eigenvalue weighted by Crippen LogP contribution is 2.28. The van der Waals surface area contributed by atoms with Gasteiger partial charge in [0.25, 0.3) is 5.91 Å². The van der Waals surface area contributed by atoms with Crippen LogP contribution in [0.4, 0.5) is 8.78 Å². The number of benzene rings is 1. The summed E-state index contributed by atoms with van der Waals surface area (Å²) in [5.41, 5.74) is -1.65. The summed E-state index contributed by atoms with van der Waals surface area (Å²) in [5, 5.41) is 12.7. The van der Waals surface area contributed by atoms with Crippen LogP contribution in [0.25, 0.3) is 0 Å². The Morgan fingerprint density at radius 1 is 1.32 bits per heavy atom. The van der Waals surface area contributed by atoms with Gasteiger partial charge in [0.05, 0.1) is 18.6 Å². The van der Waals surface area contributed by atoms with E-state index >= 15 is 0 Å². The van der Waals surface area contributed by atoms with Crippen LogP contribution < -0.4 is 10.7 Å². The summed E-state index contributed by atoms with van der Waals surface area (Å²) in [6.07, 6.45) is 0.576. The first-order chi connectivity index (χ1) is 14.8. The van der Waals surface area contributed by atoms with Crippen LogP contribution in [0.3, 0.4) is 0 Å². The van der Waals surface area contributed by atoms with E-state index in [1.807, 2.05) is 0 Å². The Morgan fingerprint density at radius 3 is 2.71 bits per heavy atom. The fraction of sp³-hybridized carbons (Fsp3) is 0.381. The Kier molecular flexibility index (Phi) is 6.81. The van der Waals surface area contributed by atoms with Crippen molar-refractivity contribution < 1.29 is 33.0 Å². The number of Topliss-reactive ketones (excluding diaryl/α,β-unsaturated/α-hetero) is 1. The predicted molar refractivity (Wildman–Crippen MR) is 105 cm³/mol. The standard InChI is InChI=1S/C21H22F2N2O6/c1-3-31-10-14-16(30-2)9-25-8-13(19(27)20(28)17(25)18(14)26)21(29)24-7-11-4-5-12(22)6-15(11)23/h4-6,8,14,16,28H,3,7,9-10H2,1-2H3,(H,24,29)/t14-,16+/m1/s1. The topological polar surface area (TPSA) is 107 Å². The van der Waals surface area contributed by atoms with Gasteiger partial charge in [0.2, 0.25) is 5.43 Å². The molecule has 0 unspecified atom stereocenters. The molecule has 166 valence electrons. The van der Waals surface area contributed by atoms with Crippen molar-refractivity contribution in [3.05, 3.63) is 63.1 Å². The smallest absolute Gasteiger partial charge is 0.257 e. The molecule has 0 aliphatic carbocycles. The number of halogens is 2. The Morgan fingerprint density at radius 2 is 2.06 bits per heavy atom. The summed E-state index contributed by atoms with van der Waals surface area (Å²) in [7, 11) is 1.43.